The van der Waals surface area contributed by atoms with Gasteiger partial charge in [-0.1, -0.05) is 121 Å². The Bertz CT molecular complexity index is 599. The molecule has 0 aliphatic carbocycles. The first-order chi connectivity index (χ1) is 19.2. The minimum atomic E-state index is -0.685. The quantitative estimate of drug-likeness (QED) is 0.0645. The van der Waals surface area contributed by atoms with Crippen molar-refractivity contribution in [2.75, 3.05) is 6.61 Å². The molecule has 0 heterocycles. The summed E-state index contributed by atoms with van der Waals surface area (Å²) in [5.74, 6) is -0.0589. The molecule has 0 aliphatic rings. The highest BCUT2D eigenvalue weighted by Gasteiger charge is 2.19. The summed E-state index contributed by atoms with van der Waals surface area (Å²) in [6.45, 7) is 4.28. The van der Waals surface area contributed by atoms with Crippen molar-refractivity contribution in [3.63, 3.8) is 0 Å². The normalized spacial score (nSPS) is 13.6. The number of nitrogens with one attached hydrogen (secondary N) is 1. The molecule has 1 amide bonds. The molecule has 0 spiro atoms. The maximum Gasteiger partial charge on any atom is 0.220 e. The number of amides is 1. The first-order valence-electron chi connectivity index (χ1n) is 16.7. The molecule has 0 unspecified atom stereocenters. The molecule has 0 aromatic heterocycles. The van der Waals surface area contributed by atoms with Crippen molar-refractivity contribution in [1.29, 1.82) is 0 Å². The van der Waals surface area contributed by atoms with E-state index in [1.54, 1.807) is 0 Å². The van der Waals surface area contributed by atoms with Gasteiger partial charge in [-0.25, -0.2) is 0 Å². The summed E-state index contributed by atoms with van der Waals surface area (Å²) in [4.78, 5) is 12.3. The third-order valence-corrected chi connectivity index (χ3v) is 7.37. The Hall–Kier alpha value is -1.39. The average molecular weight is 548 g/mol. The average Bonchev–Trinajstić information content (AvgIpc) is 2.94. The maximum absolute atomic E-state index is 12.3. The summed E-state index contributed by atoms with van der Waals surface area (Å²) >= 11 is 0. The van der Waals surface area contributed by atoms with Crippen molar-refractivity contribution in [1.82, 2.24) is 5.32 Å². The lowest BCUT2D eigenvalue weighted by Crippen LogP contribution is -2.45. The number of hydrogen-bond donors (Lipinski definition) is 3. The Morgan fingerprint density at radius 1 is 0.615 bits per heavy atom. The third kappa shape index (κ3) is 28.0. The van der Waals surface area contributed by atoms with E-state index < -0.39 is 12.1 Å². The molecule has 0 aliphatic heterocycles. The summed E-state index contributed by atoms with van der Waals surface area (Å²) in [5, 5.41) is 22.9. The number of carbonyl (C=O) groups excluding carboxylic acids is 1. The Kier molecular flexibility index (Phi) is 30.0. The molecule has 39 heavy (non-hydrogen) atoms. The van der Waals surface area contributed by atoms with E-state index in [0.717, 1.165) is 51.4 Å². The Morgan fingerprint density at radius 3 is 1.62 bits per heavy atom. The maximum atomic E-state index is 12.3. The molecular formula is C35H65NO3. The molecule has 0 saturated heterocycles. The fraction of sp³-hybridized carbons (Fsp3) is 0.800. The highest BCUT2D eigenvalue weighted by molar-refractivity contribution is 5.76. The van der Waals surface area contributed by atoms with Crippen molar-refractivity contribution in [3.8, 4) is 0 Å². The summed E-state index contributed by atoms with van der Waals surface area (Å²) in [7, 11) is 0. The molecule has 0 bridgehead atoms. The van der Waals surface area contributed by atoms with E-state index in [-0.39, 0.29) is 12.5 Å². The molecule has 0 saturated carbocycles. The van der Waals surface area contributed by atoms with Gasteiger partial charge in [-0.05, 0) is 70.6 Å². The van der Waals surface area contributed by atoms with E-state index >= 15 is 0 Å². The second-order valence-electron chi connectivity index (χ2n) is 11.2. The van der Waals surface area contributed by atoms with Gasteiger partial charge >= 0.3 is 0 Å². The van der Waals surface area contributed by atoms with E-state index in [9.17, 15) is 15.0 Å². The Morgan fingerprint density at radius 2 is 1.05 bits per heavy atom. The van der Waals surface area contributed by atoms with Crippen LogP contribution in [0.1, 0.15) is 162 Å². The molecule has 4 nitrogen and oxygen atoms in total. The van der Waals surface area contributed by atoms with Gasteiger partial charge < -0.3 is 15.5 Å². The molecule has 2 atom stereocenters. The van der Waals surface area contributed by atoms with Crippen molar-refractivity contribution < 1.29 is 15.0 Å². The van der Waals surface area contributed by atoms with Gasteiger partial charge in [0.2, 0.25) is 5.91 Å². The van der Waals surface area contributed by atoms with Crippen LogP contribution in [0.5, 0.6) is 0 Å². The van der Waals surface area contributed by atoms with Gasteiger partial charge in [-0.3, -0.25) is 4.79 Å². The first-order valence-corrected chi connectivity index (χ1v) is 16.7. The van der Waals surface area contributed by atoms with Gasteiger partial charge in [-0.15, -0.1) is 0 Å². The third-order valence-electron chi connectivity index (χ3n) is 7.37. The van der Waals surface area contributed by atoms with Gasteiger partial charge in [0.05, 0.1) is 18.8 Å². The molecule has 0 aromatic rings. The van der Waals surface area contributed by atoms with Crippen LogP contribution in [0.2, 0.25) is 0 Å². The van der Waals surface area contributed by atoms with E-state index in [1.807, 2.05) is 0 Å². The van der Waals surface area contributed by atoms with E-state index in [1.165, 1.54) is 83.5 Å². The van der Waals surface area contributed by atoms with Crippen LogP contribution in [0.25, 0.3) is 0 Å². The minimum Gasteiger partial charge on any atom is -0.394 e. The lowest BCUT2D eigenvalue weighted by Gasteiger charge is -2.22. The molecule has 4 heteroatoms. The summed E-state index contributed by atoms with van der Waals surface area (Å²) in [5.41, 5.74) is 0. The number of rotatable bonds is 29. The SMILES string of the molecule is CCCCC/C=C/C/C=C/CCCCCCCC(=O)N[C@@H](CO)[C@H](O)CCCC/C=C/CCCCCCCC. The fourth-order valence-corrected chi connectivity index (χ4v) is 4.73. The van der Waals surface area contributed by atoms with Gasteiger partial charge in [0.25, 0.3) is 0 Å². The van der Waals surface area contributed by atoms with Crippen LogP contribution >= 0.6 is 0 Å². The van der Waals surface area contributed by atoms with Crippen LogP contribution in [0.15, 0.2) is 36.5 Å². The minimum absolute atomic E-state index is 0.0589. The summed E-state index contributed by atoms with van der Waals surface area (Å²) in [6.07, 6.45) is 39.0. The van der Waals surface area contributed by atoms with Crippen LogP contribution < -0.4 is 5.32 Å². The van der Waals surface area contributed by atoms with Crippen molar-refractivity contribution in [3.05, 3.63) is 36.5 Å². The lowest BCUT2D eigenvalue weighted by molar-refractivity contribution is -0.123. The van der Waals surface area contributed by atoms with Crippen molar-refractivity contribution in [2.45, 2.75) is 174 Å². The summed E-state index contributed by atoms with van der Waals surface area (Å²) in [6, 6.07) is -0.557. The molecule has 0 aromatic carbocycles. The standard InChI is InChI=1S/C35H65NO3/c1-3-5-7-9-11-13-15-17-18-19-21-23-25-27-29-31-35(39)36-33(32-37)34(38)30-28-26-24-22-20-16-14-12-10-8-6-4-2/h11,13,17-18,20,22,33-34,37-38H,3-10,12,14-16,19,21,23-32H2,1-2H3,(H,36,39)/b13-11+,18-17+,22-20+/t33-,34+/m0/s1. The predicted octanol–water partition coefficient (Wildman–Crippen LogP) is 9.51. The van der Waals surface area contributed by atoms with Gasteiger partial charge in [0.15, 0.2) is 0 Å². The van der Waals surface area contributed by atoms with Crippen LogP contribution in [0.4, 0.5) is 0 Å². The molecular weight excluding hydrogens is 482 g/mol. The van der Waals surface area contributed by atoms with Crippen LogP contribution in [0.3, 0.4) is 0 Å². The van der Waals surface area contributed by atoms with Crippen molar-refractivity contribution >= 4 is 5.91 Å². The second kappa shape index (κ2) is 31.1. The Balaban J connectivity index is 3.68. The number of carbonyl (C=O) groups is 1. The zero-order valence-electron chi connectivity index (χ0n) is 25.9. The van der Waals surface area contributed by atoms with E-state index in [2.05, 4.69) is 55.6 Å². The highest BCUT2D eigenvalue weighted by atomic mass is 16.3. The topological polar surface area (TPSA) is 69.6 Å². The number of allylic oxidation sites excluding steroid dienone is 6. The fourth-order valence-electron chi connectivity index (χ4n) is 4.73. The van der Waals surface area contributed by atoms with Gasteiger partial charge in [0, 0.05) is 6.42 Å². The summed E-state index contributed by atoms with van der Waals surface area (Å²) < 4.78 is 0. The monoisotopic (exact) mass is 547 g/mol. The number of aliphatic hydroxyl groups is 2. The number of aliphatic hydroxyl groups excluding tert-OH is 2. The van der Waals surface area contributed by atoms with Crippen LogP contribution in [-0.4, -0.2) is 34.9 Å². The van der Waals surface area contributed by atoms with Crippen LogP contribution in [-0.2, 0) is 4.79 Å². The second-order valence-corrected chi connectivity index (χ2v) is 11.2. The molecule has 228 valence electrons. The first kappa shape index (κ1) is 37.6. The van der Waals surface area contributed by atoms with Gasteiger partial charge in [-0.2, -0.15) is 0 Å². The largest absolute Gasteiger partial charge is 0.394 e. The molecule has 0 fully saturated rings. The van der Waals surface area contributed by atoms with E-state index in [4.69, 9.17) is 0 Å². The van der Waals surface area contributed by atoms with Gasteiger partial charge in [0.1, 0.15) is 0 Å². The van der Waals surface area contributed by atoms with E-state index in [0.29, 0.717) is 12.8 Å². The Labute approximate surface area is 242 Å². The smallest absolute Gasteiger partial charge is 0.220 e. The van der Waals surface area contributed by atoms with Crippen molar-refractivity contribution in [2.24, 2.45) is 0 Å². The molecule has 3 N–H and O–H groups in total. The predicted molar refractivity (Wildman–Crippen MR) is 170 cm³/mol. The molecule has 0 rings (SSSR count). The lowest BCUT2D eigenvalue weighted by atomic mass is 10.0. The van der Waals surface area contributed by atoms with Crippen LogP contribution in [0, 0.1) is 0 Å². The number of hydrogen-bond acceptors (Lipinski definition) is 3. The number of unbranched alkanes of at least 4 members (excludes halogenated alkanes) is 16. The highest BCUT2D eigenvalue weighted by Crippen LogP contribution is 2.11. The zero-order chi connectivity index (χ0) is 28.7. The molecule has 0 radical (unpaired) electrons. The zero-order valence-corrected chi connectivity index (χ0v) is 25.9.